The van der Waals surface area contributed by atoms with E-state index in [4.69, 9.17) is 21.7 Å². The standard InChI is InChI=1S/C23H28ClN5O3S/c1-2-3-10-29-21-9-8-17(33(25,31)32)15-20(21)26-22(29)16-27-11-13-28(14-12-27)23(30)18-6-4-5-7-19(18)24/h4-9,15H,2-3,10-14,16H2,1H3,(H2,25,31,32). The third-order valence-corrected chi connectivity index (χ3v) is 7.23. The van der Waals surface area contributed by atoms with Crippen LogP contribution in [0.3, 0.4) is 0 Å². The van der Waals surface area contributed by atoms with Gasteiger partial charge in [0.1, 0.15) is 5.82 Å². The van der Waals surface area contributed by atoms with Crippen molar-refractivity contribution >= 4 is 38.6 Å². The molecule has 4 rings (SSSR count). The van der Waals surface area contributed by atoms with Crippen LogP contribution in [-0.4, -0.2) is 59.9 Å². The lowest BCUT2D eigenvalue weighted by molar-refractivity contribution is 0.0624. The van der Waals surface area contributed by atoms with Crippen molar-refractivity contribution in [3.63, 3.8) is 0 Å². The molecule has 2 aromatic carbocycles. The number of carbonyl (C=O) groups excluding carboxylic acids is 1. The predicted molar refractivity (Wildman–Crippen MR) is 129 cm³/mol. The van der Waals surface area contributed by atoms with Gasteiger partial charge in [0.2, 0.25) is 10.0 Å². The van der Waals surface area contributed by atoms with Crippen LogP contribution in [0.2, 0.25) is 5.02 Å². The van der Waals surface area contributed by atoms with Crippen LogP contribution in [0, 0.1) is 0 Å². The number of nitrogens with two attached hydrogens (primary N) is 1. The lowest BCUT2D eigenvalue weighted by Gasteiger charge is -2.34. The van der Waals surface area contributed by atoms with E-state index in [0.717, 1.165) is 43.8 Å². The number of imidazole rings is 1. The van der Waals surface area contributed by atoms with Crippen molar-refractivity contribution in [2.45, 2.75) is 37.8 Å². The molecule has 1 aromatic heterocycles. The zero-order valence-electron chi connectivity index (χ0n) is 18.6. The second kappa shape index (κ2) is 9.80. The van der Waals surface area contributed by atoms with E-state index >= 15 is 0 Å². The van der Waals surface area contributed by atoms with E-state index in [-0.39, 0.29) is 10.8 Å². The van der Waals surface area contributed by atoms with Crippen molar-refractivity contribution < 1.29 is 13.2 Å². The summed E-state index contributed by atoms with van der Waals surface area (Å²) in [6, 6.07) is 12.0. The number of aromatic nitrogens is 2. The Labute approximate surface area is 199 Å². The monoisotopic (exact) mass is 489 g/mol. The van der Waals surface area contributed by atoms with Gasteiger partial charge in [-0.3, -0.25) is 9.69 Å². The van der Waals surface area contributed by atoms with Gasteiger partial charge >= 0.3 is 0 Å². The first kappa shape index (κ1) is 23.7. The summed E-state index contributed by atoms with van der Waals surface area (Å²) < 4.78 is 25.7. The molecule has 1 fully saturated rings. The van der Waals surface area contributed by atoms with Gasteiger partial charge in [-0.2, -0.15) is 0 Å². The van der Waals surface area contributed by atoms with Crippen LogP contribution >= 0.6 is 11.6 Å². The second-order valence-electron chi connectivity index (χ2n) is 8.28. The molecule has 8 nitrogen and oxygen atoms in total. The van der Waals surface area contributed by atoms with E-state index in [0.29, 0.717) is 35.7 Å². The van der Waals surface area contributed by atoms with Crippen molar-refractivity contribution in [3.8, 4) is 0 Å². The van der Waals surface area contributed by atoms with E-state index in [9.17, 15) is 13.2 Å². The zero-order valence-corrected chi connectivity index (χ0v) is 20.1. The molecule has 0 atom stereocenters. The Balaban J connectivity index is 1.50. The Hall–Kier alpha value is -2.46. The van der Waals surface area contributed by atoms with E-state index < -0.39 is 10.0 Å². The molecule has 10 heteroatoms. The quantitative estimate of drug-likeness (QED) is 0.549. The van der Waals surface area contributed by atoms with Gasteiger partial charge in [0.25, 0.3) is 5.91 Å². The molecular formula is C23H28ClN5O3S. The number of fused-ring (bicyclic) bond motifs is 1. The number of halogens is 1. The largest absolute Gasteiger partial charge is 0.336 e. The highest BCUT2D eigenvalue weighted by molar-refractivity contribution is 7.89. The minimum Gasteiger partial charge on any atom is -0.336 e. The summed E-state index contributed by atoms with van der Waals surface area (Å²) in [6.45, 7) is 6.21. The maximum atomic E-state index is 12.8. The first-order chi connectivity index (χ1) is 15.8. The summed E-state index contributed by atoms with van der Waals surface area (Å²) >= 11 is 6.20. The Morgan fingerprint density at radius 1 is 1.12 bits per heavy atom. The topological polar surface area (TPSA) is 102 Å². The van der Waals surface area contributed by atoms with Crippen molar-refractivity contribution in [1.82, 2.24) is 19.4 Å². The average Bonchev–Trinajstić information content (AvgIpc) is 3.13. The number of piperazine rings is 1. The van der Waals surface area contributed by atoms with Crippen molar-refractivity contribution in [3.05, 3.63) is 58.9 Å². The van der Waals surface area contributed by atoms with Crippen LogP contribution in [0.4, 0.5) is 0 Å². The fourth-order valence-electron chi connectivity index (χ4n) is 4.14. The molecule has 0 unspecified atom stereocenters. The van der Waals surface area contributed by atoms with Gasteiger partial charge in [0.15, 0.2) is 0 Å². The maximum Gasteiger partial charge on any atom is 0.255 e. The smallest absolute Gasteiger partial charge is 0.255 e. The highest BCUT2D eigenvalue weighted by Crippen LogP contribution is 2.23. The summed E-state index contributed by atoms with van der Waals surface area (Å²) in [4.78, 5) is 21.7. The van der Waals surface area contributed by atoms with Crippen molar-refractivity contribution in [2.75, 3.05) is 26.2 Å². The zero-order chi connectivity index (χ0) is 23.6. The number of unbranched alkanes of at least 4 members (excludes halogenated alkanes) is 1. The Kier molecular flexibility index (Phi) is 7.04. The maximum absolute atomic E-state index is 12.8. The molecule has 0 aliphatic carbocycles. The molecule has 1 amide bonds. The lowest BCUT2D eigenvalue weighted by Crippen LogP contribution is -2.48. The van der Waals surface area contributed by atoms with Gasteiger partial charge in [-0.05, 0) is 36.8 Å². The lowest BCUT2D eigenvalue weighted by atomic mass is 10.2. The molecule has 0 saturated carbocycles. The molecule has 3 aromatic rings. The van der Waals surface area contributed by atoms with Gasteiger partial charge in [0.05, 0.1) is 33.1 Å². The fourth-order valence-corrected chi connectivity index (χ4v) is 4.89. The molecule has 176 valence electrons. The molecule has 0 spiro atoms. The molecule has 0 bridgehead atoms. The number of sulfonamides is 1. The van der Waals surface area contributed by atoms with Crippen LogP contribution < -0.4 is 5.14 Å². The summed E-state index contributed by atoms with van der Waals surface area (Å²) in [6.07, 6.45) is 2.03. The molecule has 2 heterocycles. The van der Waals surface area contributed by atoms with E-state index in [1.165, 1.54) is 12.1 Å². The van der Waals surface area contributed by atoms with Gasteiger partial charge in [-0.25, -0.2) is 18.5 Å². The number of carbonyl (C=O) groups is 1. The number of nitrogens with zero attached hydrogens (tertiary/aromatic N) is 4. The number of hydrogen-bond acceptors (Lipinski definition) is 5. The average molecular weight is 490 g/mol. The summed E-state index contributed by atoms with van der Waals surface area (Å²) in [5.74, 6) is 0.835. The molecule has 1 aliphatic rings. The highest BCUT2D eigenvalue weighted by Gasteiger charge is 2.25. The van der Waals surface area contributed by atoms with Gasteiger partial charge in [-0.1, -0.05) is 37.1 Å². The number of rotatable bonds is 7. The minimum absolute atomic E-state index is 0.0500. The molecule has 2 N–H and O–H groups in total. The normalized spacial score (nSPS) is 15.3. The van der Waals surface area contributed by atoms with Gasteiger partial charge in [0, 0.05) is 32.7 Å². The number of primary sulfonamides is 1. The molecule has 1 aliphatic heterocycles. The number of amides is 1. The molecular weight excluding hydrogens is 462 g/mol. The predicted octanol–water partition coefficient (Wildman–Crippen LogP) is 3.10. The summed E-state index contributed by atoms with van der Waals surface area (Å²) in [5, 5.41) is 5.77. The number of hydrogen-bond donors (Lipinski definition) is 1. The summed E-state index contributed by atoms with van der Waals surface area (Å²) in [5.41, 5.74) is 2.05. The SMILES string of the molecule is CCCCn1c(CN2CCN(C(=O)c3ccccc3Cl)CC2)nc2cc(S(N)(=O)=O)ccc21. The first-order valence-corrected chi connectivity index (χ1v) is 13.0. The summed E-state index contributed by atoms with van der Waals surface area (Å²) in [7, 11) is -3.79. The van der Waals surface area contributed by atoms with Crippen LogP contribution in [0.15, 0.2) is 47.4 Å². The molecule has 0 radical (unpaired) electrons. The Morgan fingerprint density at radius 2 is 1.85 bits per heavy atom. The Bertz CT molecular complexity index is 1270. The highest BCUT2D eigenvalue weighted by atomic mass is 35.5. The number of benzene rings is 2. The van der Waals surface area contributed by atoms with Gasteiger partial charge in [-0.15, -0.1) is 0 Å². The van der Waals surface area contributed by atoms with E-state index in [2.05, 4.69) is 16.4 Å². The first-order valence-electron chi connectivity index (χ1n) is 11.1. The second-order valence-corrected chi connectivity index (χ2v) is 10.2. The van der Waals surface area contributed by atoms with Crippen molar-refractivity contribution in [1.29, 1.82) is 0 Å². The third kappa shape index (κ3) is 5.22. The van der Waals surface area contributed by atoms with Crippen LogP contribution in [-0.2, 0) is 23.1 Å². The van der Waals surface area contributed by atoms with Crippen LogP contribution in [0.1, 0.15) is 35.9 Å². The molecule has 1 saturated heterocycles. The van der Waals surface area contributed by atoms with Crippen molar-refractivity contribution in [2.24, 2.45) is 5.14 Å². The van der Waals surface area contributed by atoms with Crippen LogP contribution in [0.25, 0.3) is 11.0 Å². The van der Waals surface area contributed by atoms with E-state index in [1.54, 1.807) is 18.2 Å². The van der Waals surface area contributed by atoms with Gasteiger partial charge < -0.3 is 9.47 Å². The Morgan fingerprint density at radius 3 is 2.52 bits per heavy atom. The molecule has 33 heavy (non-hydrogen) atoms. The third-order valence-electron chi connectivity index (χ3n) is 5.99. The number of aryl methyl sites for hydroxylation is 1. The van der Waals surface area contributed by atoms with E-state index in [1.807, 2.05) is 17.0 Å². The van der Waals surface area contributed by atoms with Crippen LogP contribution in [0.5, 0.6) is 0 Å². The minimum atomic E-state index is -3.79. The fraction of sp³-hybridized carbons (Fsp3) is 0.391.